The van der Waals surface area contributed by atoms with Crippen molar-refractivity contribution < 1.29 is 14.2 Å². The van der Waals surface area contributed by atoms with Gasteiger partial charge in [0, 0.05) is 24.1 Å². The molecule has 1 aromatic rings. The minimum Gasteiger partial charge on any atom is -0.331 e. The highest BCUT2D eigenvalue weighted by molar-refractivity contribution is 5.76. The summed E-state index contributed by atoms with van der Waals surface area (Å²) in [5, 5.41) is 11.1. The van der Waals surface area contributed by atoms with Crippen LogP contribution in [0.5, 0.6) is 0 Å². The maximum atomic E-state index is 12.7. The molecule has 0 radical (unpaired) electrons. The molecular formula is C29H50N3O3+. The fourth-order valence-corrected chi connectivity index (χ4v) is 5.33. The molecule has 1 aromatic carbocycles. The monoisotopic (exact) mass is 488 g/mol. The lowest BCUT2D eigenvalue weighted by molar-refractivity contribution is -0.942. The number of likely N-dealkylation sites (N-methyl/N-ethyl adjacent to an activating group) is 1. The molecule has 0 saturated carbocycles. The molecule has 0 spiro atoms. The summed E-state index contributed by atoms with van der Waals surface area (Å²) in [6.45, 7) is 9.64. The lowest BCUT2D eigenvalue weighted by atomic mass is 10.0. The first-order chi connectivity index (χ1) is 17.0. The topological polar surface area (TPSA) is 63.5 Å². The summed E-state index contributed by atoms with van der Waals surface area (Å²) in [7, 11) is 0. The van der Waals surface area contributed by atoms with Crippen LogP contribution in [0, 0.1) is 10.1 Å². The van der Waals surface area contributed by atoms with Crippen molar-refractivity contribution in [3.05, 3.63) is 39.9 Å². The second kappa shape index (κ2) is 16.7. The van der Waals surface area contributed by atoms with Gasteiger partial charge in [-0.25, -0.2) is 0 Å². The lowest BCUT2D eigenvalue weighted by Gasteiger charge is -2.44. The number of hydrogen-bond donors (Lipinski definition) is 0. The number of benzene rings is 1. The van der Waals surface area contributed by atoms with Crippen molar-refractivity contribution >= 4 is 11.6 Å². The summed E-state index contributed by atoms with van der Waals surface area (Å²) < 4.78 is 0.893. The Bertz CT molecular complexity index is 744. The third-order valence-corrected chi connectivity index (χ3v) is 7.85. The molecule has 0 atom stereocenters. The average molecular weight is 489 g/mol. The van der Waals surface area contributed by atoms with Crippen LogP contribution in [-0.4, -0.2) is 52.9 Å². The van der Waals surface area contributed by atoms with E-state index in [2.05, 4.69) is 13.8 Å². The van der Waals surface area contributed by atoms with Gasteiger partial charge in [0.2, 0.25) is 5.91 Å². The molecule has 6 nitrogen and oxygen atoms in total. The Labute approximate surface area is 213 Å². The lowest BCUT2D eigenvalue weighted by Crippen LogP contribution is -2.59. The Balaban J connectivity index is 1.56. The fourth-order valence-electron chi connectivity index (χ4n) is 5.33. The van der Waals surface area contributed by atoms with Crippen molar-refractivity contribution in [1.29, 1.82) is 0 Å². The molecule has 0 aromatic heterocycles. The predicted molar refractivity (Wildman–Crippen MR) is 144 cm³/mol. The van der Waals surface area contributed by atoms with E-state index in [-0.39, 0.29) is 10.6 Å². The third-order valence-electron chi connectivity index (χ3n) is 7.85. The molecule has 1 amide bonds. The van der Waals surface area contributed by atoms with Crippen LogP contribution in [0.25, 0.3) is 0 Å². The molecule has 1 aliphatic heterocycles. The first kappa shape index (κ1) is 29.3. The van der Waals surface area contributed by atoms with E-state index in [9.17, 15) is 14.9 Å². The van der Waals surface area contributed by atoms with Crippen LogP contribution in [-0.2, 0) is 11.3 Å². The second-order valence-electron chi connectivity index (χ2n) is 10.6. The first-order valence-corrected chi connectivity index (χ1v) is 14.4. The molecule has 0 unspecified atom stereocenters. The van der Waals surface area contributed by atoms with Crippen LogP contribution in [0.15, 0.2) is 24.3 Å². The summed E-state index contributed by atoms with van der Waals surface area (Å²) in [6, 6.07) is 7.00. The molecule has 0 aliphatic carbocycles. The van der Waals surface area contributed by atoms with Gasteiger partial charge < -0.3 is 9.38 Å². The number of nitro benzene ring substituents is 1. The number of unbranched alkanes of at least 4 members (excludes halogenated alkanes) is 12. The standard InChI is InChI=1S/C29H50N3O3/c1-3-5-6-7-8-9-10-11-12-13-14-15-16-20-29(33)30-21-23-32(4-2,24-22-30)26-27-18-17-19-28(25-27)31(34)35/h17-19,25H,3-16,20-24,26H2,1-2H3/q+1. The van der Waals surface area contributed by atoms with Gasteiger partial charge in [0.1, 0.15) is 6.54 Å². The number of nitro groups is 1. The van der Waals surface area contributed by atoms with Gasteiger partial charge in [-0.15, -0.1) is 0 Å². The fraction of sp³-hybridized carbons (Fsp3) is 0.759. The highest BCUT2D eigenvalue weighted by Gasteiger charge is 2.33. The highest BCUT2D eigenvalue weighted by Crippen LogP contribution is 2.22. The van der Waals surface area contributed by atoms with Crippen LogP contribution < -0.4 is 0 Å². The quantitative estimate of drug-likeness (QED) is 0.0945. The summed E-state index contributed by atoms with van der Waals surface area (Å²) in [5.41, 5.74) is 1.16. The van der Waals surface area contributed by atoms with Gasteiger partial charge in [0.15, 0.2) is 0 Å². The van der Waals surface area contributed by atoms with E-state index < -0.39 is 0 Å². The van der Waals surface area contributed by atoms with Crippen molar-refractivity contribution in [3.8, 4) is 0 Å². The summed E-state index contributed by atoms with van der Waals surface area (Å²) in [6.07, 6.45) is 17.9. The van der Waals surface area contributed by atoms with Crippen LogP contribution in [0.1, 0.15) is 109 Å². The zero-order chi connectivity index (χ0) is 25.4. The largest absolute Gasteiger partial charge is 0.331 e. The van der Waals surface area contributed by atoms with E-state index in [1.807, 2.05) is 11.0 Å². The molecule has 1 aliphatic rings. The number of quaternary nitrogens is 1. The second-order valence-corrected chi connectivity index (χ2v) is 10.6. The van der Waals surface area contributed by atoms with Crippen molar-refractivity contribution in [2.75, 3.05) is 32.7 Å². The maximum Gasteiger partial charge on any atom is 0.269 e. The molecule has 0 bridgehead atoms. The number of carbonyl (C=O) groups is 1. The van der Waals surface area contributed by atoms with Gasteiger partial charge in [-0.2, -0.15) is 0 Å². The molecule has 6 heteroatoms. The van der Waals surface area contributed by atoms with Gasteiger partial charge in [-0.3, -0.25) is 14.9 Å². The molecule has 1 fully saturated rings. The number of rotatable bonds is 18. The van der Waals surface area contributed by atoms with E-state index in [0.29, 0.717) is 12.3 Å². The number of hydrogen-bond acceptors (Lipinski definition) is 3. The maximum absolute atomic E-state index is 12.7. The number of non-ortho nitro benzene ring substituents is 1. The Hall–Kier alpha value is -1.95. The Morgan fingerprint density at radius 3 is 1.94 bits per heavy atom. The zero-order valence-corrected chi connectivity index (χ0v) is 22.5. The Kier molecular flexibility index (Phi) is 13.9. The summed E-state index contributed by atoms with van der Waals surface area (Å²) >= 11 is 0. The van der Waals surface area contributed by atoms with E-state index in [1.165, 1.54) is 77.0 Å². The molecular weight excluding hydrogens is 438 g/mol. The smallest absolute Gasteiger partial charge is 0.269 e. The average Bonchev–Trinajstić information content (AvgIpc) is 2.87. The van der Waals surface area contributed by atoms with Crippen LogP contribution in [0.2, 0.25) is 0 Å². The number of piperazine rings is 1. The predicted octanol–water partition coefficient (Wildman–Crippen LogP) is 7.26. The van der Waals surface area contributed by atoms with Crippen molar-refractivity contribution in [3.63, 3.8) is 0 Å². The van der Waals surface area contributed by atoms with Crippen molar-refractivity contribution in [1.82, 2.24) is 4.90 Å². The Morgan fingerprint density at radius 2 is 1.43 bits per heavy atom. The minimum atomic E-state index is -0.327. The highest BCUT2D eigenvalue weighted by atomic mass is 16.6. The molecule has 0 N–H and O–H groups in total. The molecule has 1 heterocycles. The van der Waals surface area contributed by atoms with Gasteiger partial charge in [0.25, 0.3) is 5.69 Å². The molecule has 35 heavy (non-hydrogen) atoms. The van der Waals surface area contributed by atoms with Gasteiger partial charge >= 0.3 is 0 Å². The number of nitrogens with zero attached hydrogens (tertiary/aromatic N) is 3. The summed E-state index contributed by atoms with van der Waals surface area (Å²) in [5.74, 6) is 0.303. The van der Waals surface area contributed by atoms with E-state index in [1.54, 1.807) is 18.2 Å². The van der Waals surface area contributed by atoms with Gasteiger partial charge in [-0.1, -0.05) is 96.1 Å². The van der Waals surface area contributed by atoms with Crippen LogP contribution in [0.4, 0.5) is 5.69 Å². The van der Waals surface area contributed by atoms with E-state index in [4.69, 9.17) is 0 Å². The van der Waals surface area contributed by atoms with Crippen LogP contribution in [0.3, 0.4) is 0 Å². The zero-order valence-electron chi connectivity index (χ0n) is 22.5. The van der Waals surface area contributed by atoms with E-state index in [0.717, 1.165) is 55.7 Å². The number of carbonyl (C=O) groups excluding carboxylic acids is 1. The van der Waals surface area contributed by atoms with E-state index >= 15 is 0 Å². The summed E-state index contributed by atoms with van der Waals surface area (Å²) in [4.78, 5) is 25.5. The Morgan fingerprint density at radius 1 is 0.886 bits per heavy atom. The van der Waals surface area contributed by atoms with Crippen molar-refractivity contribution in [2.45, 2.75) is 110 Å². The molecule has 198 valence electrons. The molecule has 2 rings (SSSR count). The van der Waals surface area contributed by atoms with Crippen molar-refractivity contribution in [2.24, 2.45) is 0 Å². The first-order valence-electron chi connectivity index (χ1n) is 14.4. The van der Waals surface area contributed by atoms with Gasteiger partial charge in [0.05, 0.1) is 37.6 Å². The van der Waals surface area contributed by atoms with Crippen LogP contribution >= 0.6 is 0 Å². The molecule has 1 saturated heterocycles. The SMILES string of the molecule is CCCCCCCCCCCCCCCC(=O)N1CC[N+](CC)(Cc2cccc([N+](=O)[O-])c2)CC1. The number of amides is 1. The normalized spacial score (nSPS) is 15.3. The third kappa shape index (κ3) is 11.1. The minimum absolute atomic E-state index is 0.156. The van der Waals surface area contributed by atoms with Gasteiger partial charge in [-0.05, 0) is 13.3 Å².